The Balaban J connectivity index is 2.27. The number of ether oxygens (including phenoxy) is 1. The fraction of sp³-hybridized carbons (Fsp3) is 0.294. The van der Waals surface area contributed by atoms with Gasteiger partial charge in [-0.05, 0) is 60.1 Å². The number of nitrogens with one attached hydrogen (secondary N) is 2. The van der Waals surface area contributed by atoms with E-state index in [2.05, 4.69) is 47.0 Å². The number of fused-ring (bicyclic) bond motifs is 1. The van der Waals surface area contributed by atoms with Gasteiger partial charge in [-0.1, -0.05) is 25.1 Å². The van der Waals surface area contributed by atoms with Crippen LogP contribution in [0.25, 0.3) is 10.8 Å². The smallest absolute Gasteiger partial charge is 0.186 e. The van der Waals surface area contributed by atoms with Crippen molar-refractivity contribution in [1.82, 2.24) is 10.7 Å². The van der Waals surface area contributed by atoms with Gasteiger partial charge in [0.25, 0.3) is 0 Å². The van der Waals surface area contributed by atoms with Crippen LogP contribution in [0.15, 0.2) is 41.5 Å². The summed E-state index contributed by atoms with van der Waals surface area (Å²) in [5.41, 5.74) is 4.95. The molecular weight excluding hydrogens is 294 g/mol. The molecule has 0 fully saturated rings. The monoisotopic (exact) mass is 315 g/mol. The maximum Gasteiger partial charge on any atom is 0.186 e. The minimum Gasteiger partial charge on any atom is -0.497 e. The van der Waals surface area contributed by atoms with E-state index in [4.69, 9.17) is 17.0 Å². The lowest BCUT2D eigenvalue weighted by Gasteiger charge is -2.09. The first-order chi connectivity index (χ1) is 10.7. The minimum atomic E-state index is 0.541. The zero-order valence-corrected chi connectivity index (χ0v) is 14.0. The standard InChI is InChI=1S/C17H21N3OS/c1-4-16(19-20-17(22)18-5-2)14-7-6-13-11-15(21-3)9-8-12(13)10-14/h6-11H,4-5H2,1-3H3,(H2,18,20,22)/b19-16-. The molecule has 0 saturated carbocycles. The Labute approximate surface area is 136 Å². The van der Waals surface area contributed by atoms with E-state index in [1.165, 1.54) is 0 Å². The van der Waals surface area contributed by atoms with Crippen molar-refractivity contribution < 1.29 is 4.74 Å². The highest BCUT2D eigenvalue weighted by atomic mass is 32.1. The van der Waals surface area contributed by atoms with Crippen molar-refractivity contribution in [2.75, 3.05) is 13.7 Å². The quantitative estimate of drug-likeness (QED) is 0.504. The van der Waals surface area contributed by atoms with Crippen molar-refractivity contribution in [3.63, 3.8) is 0 Å². The molecule has 116 valence electrons. The van der Waals surface area contributed by atoms with Crippen LogP contribution < -0.4 is 15.5 Å². The van der Waals surface area contributed by atoms with Crippen LogP contribution in [0, 0.1) is 0 Å². The van der Waals surface area contributed by atoms with E-state index in [0.29, 0.717) is 5.11 Å². The molecule has 2 rings (SSSR count). The Morgan fingerprint density at radius 3 is 2.55 bits per heavy atom. The third-order valence-corrected chi connectivity index (χ3v) is 3.58. The Bertz CT molecular complexity index is 697. The molecule has 2 N–H and O–H groups in total. The summed E-state index contributed by atoms with van der Waals surface area (Å²) in [5.74, 6) is 0.863. The summed E-state index contributed by atoms with van der Waals surface area (Å²) in [4.78, 5) is 0. The number of thiocarbonyl (C=S) groups is 1. The topological polar surface area (TPSA) is 45.7 Å². The van der Waals surface area contributed by atoms with Gasteiger partial charge in [-0.2, -0.15) is 5.10 Å². The molecule has 0 aliphatic carbocycles. The molecule has 0 spiro atoms. The van der Waals surface area contributed by atoms with Gasteiger partial charge in [-0.15, -0.1) is 0 Å². The molecule has 4 nitrogen and oxygen atoms in total. The van der Waals surface area contributed by atoms with Gasteiger partial charge >= 0.3 is 0 Å². The van der Waals surface area contributed by atoms with Gasteiger partial charge in [-0.25, -0.2) is 0 Å². The van der Waals surface area contributed by atoms with Crippen molar-refractivity contribution in [3.8, 4) is 5.75 Å². The normalized spacial score (nSPS) is 11.3. The van der Waals surface area contributed by atoms with Crippen LogP contribution >= 0.6 is 12.2 Å². The molecule has 22 heavy (non-hydrogen) atoms. The van der Waals surface area contributed by atoms with Crippen LogP contribution in [-0.4, -0.2) is 24.5 Å². The van der Waals surface area contributed by atoms with Crippen LogP contribution in [0.1, 0.15) is 25.8 Å². The molecule has 0 aromatic heterocycles. The first kappa shape index (κ1) is 16.2. The Kier molecular flexibility index (Phi) is 5.72. The Morgan fingerprint density at radius 1 is 1.14 bits per heavy atom. The second-order valence-corrected chi connectivity index (χ2v) is 5.22. The van der Waals surface area contributed by atoms with Crippen LogP contribution in [0.5, 0.6) is 5.75 Å². The van der Waals surface area contributed by atoms with Crippen molar-refractivity contribution >= 4 is 33.8 Å². The number of benzene rings is 2. The highest BCUT2D eigenvalue weighted by Crippen LogP contribution is 2.22. The van der Waals surface area contributed by atoms with Gasteiger partial charge in [0.2, 0.25) is 0 Å². The molecule has 0 bridgehead atoms. The zero-order valence-electron chi connectivity index (χ0n) is 13.1. The average molecular weight is 315 g/mol. The predicted molar refractivity (Wildman–Crippen MR) is 96.7 cm³/mol. The van der Waals surface area contributed by atoms with Gasteiger partial charge < -0.3 is 10.1 Å². The molecule has 0 amide bonds. The van der Waals surface area contributed by atoms with Gasteiger partial charge in [0, 0.05) is 6.54 Å². The van der Waals surface area contributed by atoms with Gasteiger partial charge in [0.05, 0.1) is 12.8 Å². The molecular formula is C17H21N3OS. The van der Waals surface area contributed by atoms with E-state index in [0.717, 1.165) is 40.8 Å². The van der Waals surface area contributed by atoms with Crippen LogP contribution in [0.3, 0.4) is 0 Å². The maximum atomic E-state index is 5.25. The summed E-state index contributed by atoms with van der Waals surface area (Å²) in [7, 11) is 1.68. The third kappa shape index (κ3) is 3.95. The van der Waals surface area contributed by atoms with Gasteiger partial charge in [0.1, 0.15) is 5.75 Å². The predicted octanol–water partition coefficient (Wildman–Crippen LogP) is 3.45. The number of hydrazone groups is 1. The number of hydrogen-bond donors (Lipinski definition) is 2. The number of hydrogen-bond acceptors (Lipinski definition) is 3. The summed E-state index contributed by atoms with van der Waals surface area (Å²) < 4.78 is 5.25. The lowest BCUT2D eigenvalue weighted by atomic mass is 10.0. The third-order valence-electron chi connectivity index (χ3n) is 3.35. The lowest BCUT2D eigenvalue weighted by molar-refractivity contribution is 0.415. The molecule has 2 aromatic rings. The maximum absolute atomic E-state index is 5.25. The average Bonchev–Trinajstić information content (AvgIpc) is 2.55. The summed E-state index contributed by atoms with van der Waals surface area (Å²) in [6, 6.07) is 12.3. The van der Waals surface area contributed by atoms with Crippen molar-refractivity contribution in [1.29, 1.82) is 0 Å². The van der Waals surface area contributed by atoms with Crippen molar-refractivity contribution in [2.24, 2.45) is 5.10 Å². The second-order valence-electron chi connectivity index (χ2n) is 4.81. The molecule has 0 unspecified atom stereocenters. The highest BCUT2D eigenvalue weighted by molar-refractivity contribution is 7.80. The molecule has 0 atom stereocenters. The van der Waals surface area contributed by atoms with Crippen LogP contribution in [0.4, 0.5) is 0 Å². The minimum absolute atomic E-state index is 0.541. The van der Waals surface area contributed by atoms with E-state index >= 15 is 0 Å². The number of rotatable bonds is 5. The Morgan fingerprint density at radius 2 is 1.86 bits per heavy atom. The fourth-order valence-corrected chi connectivity index (χ4v) is 2.39. The molecule has 0 saturated heterocycles. The summed E-state index contributed by atoms with van der Waals surface area (Å²) >= 11 is 5.13. The molecule has 0 aliphatic rings. The SMILES string of the molecule is CCNC(=S)N/N=C(/CC)c1ccc2cc(OC)ccc2c1. The van der Waals surface area contributed by atoms with Crippen molar-refractivity contribution in [2.45, 2.75) is 20.3 Å². The largest absolute Gasteiger partial charge is 0.497 e. The first-order valence-electron chi connectivity index (χ1n) is 7.36. The second kappa shape index (κ2) is 7.75. The van der Waals surface area contributed by atoms with E-state index in [1.54, 1.807) is 7.11 Å². The number of methoxy groups -OCH3 is 1. The van der Waals surface area contributed by atoms with Crippen LogP contribution in [0.2, 0.25) is 0 Å². The van der Waals surface area contributed by atoms with E-state index in [-0.39, 0.29) is 0 Å². The molecule has 0 aliphatic heterocycles. The summed E-state index contributed by atoms with van der Waals surface area (Å²) in [6.07, 6.45) is 0.823. The lowest BCUT2D eigenvalue weighted by Crippen LogP contribution is -2.32. The van der Waals surface area contributed by atoms with Crippen molar-refractivity contribution in [3.05, 3.63) is 42.0 Å². The van der Waals surface area contributed by atoms with Gasteiger partial charge in [-0.3, -0.25) is 5.43 Å². The molecule has 0 heterocycles. The first-order valence-corrected chi connectivity index (χ1v) is 7.77. The zero-order chi connectivity index (χ0) is 15.9. The molecule has 2 aromatic carbocycles. The number of nitrogens with zero attached hydrogens (tertiary/aromatic N) is 1. The molecule has 5 heteroatoms. The highest BCUT2D eigenvalue weighted by Gasteiger charge is 2.04. The van der Waals surface area contributed by atoms with E-state index in [9.17, 15) is 0 Å². The van der Waals surface area contributed by atoms with Crippen LogP contribution in [-0.2, 0) is 0 Å². The fourth-order valence-electron chi connectivity index (χ4n) is 2.20. The van der Waals surface area contributed by atoms with E-state index in [1.807, 2.05) is 19.1 Å². The Hall–Kier alpha value is -2.14. The summed E-state index contributed by atoms with van der Waals surface area (Å²) in [6.45, 7) is 4.85. The molecule has 0 radical (unpaired) electrons. The van der Waals surface area contributed by atoms with E-state index < -0.39 is 0 Å². The van der Waals surface area contributed by atoms with Gasteiger partial charge in [0.15, 0.2) is 5.11 Å². The summed E-state index contributed by atoms with van der Waals surface area (Å²) in [5, 5.41) is 10.3.